The standard InChI is InChI=1S/C17H25N3O4/c18-16(22)7-2-1-4-13-5-3-6-15(10-13)24-11-14(20-12-21)8-9-17(19)23/h3,5-6,10,12,14H,1-2,4,7-9,11H2,(H2,18,22)(H2,19,23)(H,20,21)/t14-/m0/s1. The van der Waals surface area contributed by atoms with Crippen LogP contribution < -0.4 is 21.5 Å². The summed E-state index contributed by atoms with van der Waals surface area (Å²) in [6, 6.07) is 7.37. The number of hydrogen-bond acceptors (Lipinski definition) is 4. The Balaban J connectivity index is 2.45. The van der Waals surface area contributed by atoms with Crippen LogP contribution in [0.3, 0.4) is 0 Å². The Morgan fingerprint density at radius 2 is 1.92 bits per heavy atom. The molecule has 0 saturated heterocycles. The Hall–Kier alpha value is -2.57. The Kier molecular flexibility index (Phi) is 8.96. The third-order valence-electron chi connectivity index (χ3n) is 3.53. The Bertz CT molecular complexity index is 548. The molecule has 0 radical (unpaired) electrons. The van der Waals surface area contributed by atoms with Crippen molar-refractivity contribution in [2.45, 2.75) is 44.6 Å². The quantitative estimate of drug-likeness (QED) is 0.361. The van der Waals surface area contributed by atoms with E-state index in [0.29, 0.717) is 25.0 Å². The molecule has 24 heavy (non-hydrogen) atoms. The Morgan fingerprint density at radius 1 is 1.17 bits per heavy atom. The summed E-state index contributed by atoms with van der Waals surface area (Å²) in [5.41, 5.74) is 11.3. The van der Waals surface area contributed by atoms with E-state index in [1.54, 1.807) is 0 Å². The molecule has 0 aliphatic heterocycles. The van der Waals surface area contributed by atoms with E-state index in [1.807, 2.05) is 24.3 Å². The second-order valence-corrected chi connectivity index (χ2v) is 5.62. The molecule has 5 N–H and O–H groups in total. The van der Waals surface area contributed by atoms with Gasteiger partial charge in [0.05, 0.1) is 6.04 Å². The lowest BCUT2D eigenvalue weighted by Crippen LogP contribution is -2.34. The van der Waals surface area contributed by atoms with Crippen molar-refractivity contribution in [2.75, 3.05) is 6.61 Å². The number of unbranched alkanes of at least 4 members (excludes halogenated alkanes) is 1. The van der Waals surface area contributed by atoms with Gasteiger partial charge in [-0.1, -0.05) is 12.1 Å². The number of carbonyl (C=O) groups excluding carboxylic acids is 3. The van der Waals surface area contributed by atoms with Crippen molar-refractivity contribution in [2.24, 2.45) is 11.5 Å². The van der Waals surface area contributed by atoms with Crippen molar-refractivity contribution < 1.29 is 19.1 Å². The molecule has 0 heterocycles. The summed E-state index contributed by atoms with van der Waals surface area (Å²) in [6.07, 6.45) is 4.08. The fourth-order valence-electron chi connectivity index (χ4n) is 2.24. The zero-order valence-corrected chi connectivity index (χ0v) is 13.7. The number of primary amides is 2. The predicted molar refractivity (Wildman–Crippen MR) is 90.1 cm³/mol. The molecule has 1 rings (SSSR count). The van der Waals surface area contributed by atoms with Gasteiger partial charge in [0.1, 0.15) is 12.4 Å². The van der Waals surface area contributed by atoms with Gasteiger partial charge in [-0.2, -0.15) is 0 Å². The monoisotopic (exact) mass is 335 g/mol. The van der Waals surface area contributed by atoms with Gasteiger partial charge in [-0.3, -0.25) is 14.4 Å². The van der Waals surface area contributed by atoms with E-state index < -0.39 is 5.91 Å². The summed E-state index contributed by atoms with van der Waals surface area (Å²) in [5, 5.41) is 2.62. The average molecular weight is 335 g/mol. The van der Waals surface area contributed by atoms with Gasteiger partial charge in [-0.05, 0) is 43.4 Å². The maximum Gasteiger partial charge on any atom is 0.217 e. The van der Waals surface area contributed by atoms with E-state index in [0.717, 1.165) is 24.8 Å². The maximum atomic E-state index is 10.8. The van der Waals surface area contributed by atoms with Crippen LogP contribution in [0.1, 0.15) is 37.7 Å². The largest absolute Gasteiger partial charge is 0.491 e. The first-order valence-corrected chi connectivity index (χ1v) is 7.99. The molecule has 1 atom stereocenters. The first-order chi connectivity index (χ1) is 11.5. The smallest absolute Gasteiger partial charge is 0.217 e. The molecule has 0 aliphatic rings. The summed E-state index contributed by atoms with van der Waals surface area (Å²) >= 11 is 0. The van der Waals surface area contributed by atoms with Gasteiger partial charge in [0.2, 0.25) is 18.2 Å². The number of benzene rings is 1. The molecule has 0 spiro atoms. The van der Waals surface area contributed by atoms with Crippen molar-refractivity contribution in [1.82, 2.24) is 5.32 Å². The fraction of sp³-hybridized carbons (Fsp3) is 0.471. The maximum absolute atomic E-state index is 10.8. The van der Waals surface area contributed by atoms with Crippen molar-refractivity contribution in [1.29, 1.82) is 0 Å². The van der Waals surface area contributed by atoms with Crippen LogP contribution >= 0.6 is 0 Å². The second-order valence-electron chi connectivity index (χ2n) is 5.62. The minimum Gasteiger partial charge on any atom is -0.491 e. The van der Waals surface area contributed by atoms with Gasteiger partial charge in [-0.25, -0.2) is 0 Å². The number of nitrogens with one attached hydrogen (secondary N) is 1. The summed E-state index contributed by atoms with van der Waals surface area (Å²) < 4.78 is 5.69. The Morgan fingerprint density at radius 3 is 2.58 bits per heavy atom. The number of aryl methyl sites for hydroxylation is 1. The van der Waals surface area contributed by atoms with Gasteiger partial charge in [0.15, 0.2) is 0 Å². The average Bonchev–Trinajstić information content (AvgIpc) is 2.54. The molecule has 0 saturated carbocycles. The molecule has 7 heteroatoms. The van der Waals surface area contributed by atoms with Crippen molar-refractivity contribution in [3.63, 3.8) is 0 Å². The van der Waals surface area contributed by atoms with Crippen LogP contribution in [-0.4, -0.2) is 30.9 Å². The van der Waals surface area contributed by atoms with Crippen LogP contribution in [0.25, 0.3) is 0 Å². The van der Waals surface area contributed by atoms with Gasteiger partial charge in [0.25, 0.3) is 0 Å². The number of hydrogen-bond donors (Lipinski definition) is 3. The highest BCUT2D eigenvalue weighted by atomic mass is 16.5. The molecule has 0 unspecified atom stereocenters. The van der Waals surface area contributed by atoms with Gasteiger partial charge >= 0.3 is 0 Å². The molecule has 1 aromatic carbocycles. The molecular weight excluding hydrogens is 310 g/mol. The molecule has 0 aromatic heterocycles. The third kappa shape index (κ3) is 8.77. The summed E-state index contributed by atoms with van der Waals surface area (Å²) in [7, 11) is 0. The molecule has 7 nitrogen and oxygen atoms in total. The van der Waals surface area contributed by atoms with Gasteiger partial charge < -0.3 is 21.5 Å². The van der Waals surface area contributed by atoms with Crippen molar-refractivity contribution >= 4 is 18.2 Å². The van der Waals surface area contributed by atoms with E-state index in [1.165, 1.54) is 0 Å². The van der Waals surface area contributed by atoms with Gasteiger partial charge in [0, 0.05) is 12.8 Å². The first kappa shape index (κ1) is 19.5. The minimum atomic E-state index is -0.411. The molecule has 1 aromatic rings. The number of nitrogens with two attached hydrogens (primary N) is 2. The van der Waals surface area contributed by atoms with Crippen molar-refractivity contribution in [3.8, 4) is 5.75 Å². The number of ether oxygens (including phenoxy) is 1. The van der Waals surface area contributed by atoms with E-state index >= 15 is 0 Å². The van der Waals surface area contributed by atoms with Crippen molar-refractivity contribution in [3.05, 3.63) is 29.8 Å². The highest BCUT2D eigenvalue weighted by Crippen LogP contribution is 2.16. The number of carbonyl (C=O) groups is 3. The molecule has 0 bridgehead atoms. The number of amides is 3. The second kappa shape index (κ2) is 11.0. The topological polar surface area (TPSA) is 125 Å². The minimum absolute atomic E-state index is 0.189. The van der Waals surface area contributed by atoms with E-state index in [-0.39, 0.29) is 25.0 Å². The first-order valence-electron chi connectivity index (χ1n) is 7.99. The van der Waals surface area contributed by atoms with E-state index in [2.05, 4.69) is 5.32 Å². The fourth-order valence-corrected chi connectivity index (χ4v) is 2.24. The lowest BCUT2D eigenvalue weighted by atomic mass is 10.1. The van der Waals surface area contributed by atoms with Crippen LogP contribution in [0.5, 0.6) is 5.75 Å². The summed E-state index contributed by atoms with van der Waals surface area (Å²) in [5.74, 6) is 0.00148. The number of rotatable bonds is 13. The summed E-state index contributed by atoms with van der Waals surface area (Å²) in [6.45, 7) is 0.261. The summed E-state index contributed by atoms with van der Waals surface area (Å²) in [4.78, 5) is 32.1. The molecule has 3 amide bonds. The molecular formula is C17H25N3O4. The van der Waals surface area contributed by atoms with E-state index in [9.17, 15) is 14.4 Å². The third-order valence-corrected chi connectivity index (χ3v) is 3.53. The van der Waals surface area contributed by atoms with E-state index in [4.69, 9.17) is 16.2 Å². The highest BCUT2D eigenvalue weighted by Gasteiger charge is 2.10. The molecule has 0 fully saturated rings. The highest BCUT2D eigenvalue weighted by molar-refractivity contribution is 5.74. The van der Waals surface area contributed by atoms with Crippen LogP contribution in [0, 0.1) is 0 Å². The predicted octanol–water partition coefficient (Wildman–Crippen LogP) is 0.644. The van der Waals surface area contributed by atoms with Crippen LogP contribution in [0.4, 0.5) is 0 Å². The van der Waals surface area contributed by atoms with Crippen LogP contribution in [0.15, 0.2) is 24.3 Å². The lowest BCUT2D eigenvalue weighted by molar-refractivity contribution is -0.119. The zero-order chi connectivity index (χ0) is 17.8. The van der Waals surface area contributed by atoms with Crippen LogP contribution in [-0.2, 0) is 20.8 Å². The molecule has 0 aliphatic carbocycles. The zero-order valence-electron chi connectivity index (χ0n) is 13.7. The Labute approximate surface area is 141 Å². The SMILES string of the molecule is NC(=O)CCCCc1cccc(OC[C@H](CCC(N)=O)NC=O)c1. The van der Waals surface area contributed by atoms with Gasteiger partial charge in [-0.15, -0.1) is 0 Å². The normalized spacial score (nSPS) is 11.5. The lowest BCUT2D eigenvalue weighted by Gasteiger charge is -2.16. The van der Waals surface area contributed by atoms with Crippen LogP contribution in [0.2, 0.25) is 0 Å². The molecule has 132 valence electrons.